The second-order valence-electron chi connectivity index (χ2n) is 5.90. The van der Waals surface area contributed by atoms with Gasteiger partial charge in [-0.05, 0) is 32.1 Å². The van der Waals surface area contributed by atoms with E-state index in [-0.39, 0.29) is 5.92 Å². The highest BCUT2D eigenvalue weighted by Crippen LogP contribution is 2.20. The molecule has 0 spiro atoms. The van der Waals surface area contributed by atoms with Crippen molar-refractivity contribution in [2.24, 2.45) is 5.92 Å². The van der Waals surface area contributed by atoms with Gasteiger partial charge in [0.1, 0.15) is 0 Å². The van der Waals surface area contributed by atoms with Gasteiger partial charge >= 0.3 is 0 Å². The first kappa shape index (κ1) is 13.4. The molecule has 2 fully saturated rings. The third-order valence-corrected chi connectivity index (χ3v) is 4.45. The zero-order valence-electron chi connectivity index (χ0n) is 12.2. The topological polar surface area (TPSA) is 26.8 Å². The van der Waals surface area contributed by atoms with Crippen molar-refractivity contribution in [3.05, 3.63) is 30.3 Å². The van der Waals surface area contributed by atoms with Crippen molar-refractivity contribution in [1.82, 2.24) is 9.80 Å². The second-order valence-corrected chi connectivity index (χ2v) is 5.90. The van der Waals surface area contributed by atoms with Crippen molar-refractivity contribution in [3.63, 3.8) is 0 Å². The molecule has 1 unspecified atom stereocenters. The van der Waals surface area contributed by atoms with E-state index in [2.05, 4.69) is 46.0 Å². The molecule has 4 nitrogen and oxygen atoms in total. The van der Waals surface area contributed by atoms with Gasteiger partial charge in [-0.1, -0.05) is 18.2 Å². The summed E-state index contributed by atoms with van der Waals surface area (Å²) < 4.78 is 0. The van der Waals surface area contributed by atoms with E-state index < -0.39 is 0 Å². The van der Waals surface area contributed by atoms with Crippen molar-refractivity contribution in [3.8, 4) is 0 Å². The average Bonchev–Trinajstić information content (AvgIpc) is 2.94. The van der Waals surface area contributed by atoms with E-state index in [0.717, 1.165) is 45.7 Å². The smallest absolute Gasteiger partial charge is 0.227 e. The fourth-order valence-corrected chi connectivity index (χ4v) is 3.22. The number of para-hydroxylation sites is 1. The van der Waals surface area contributed by atoms with Crippen LogP contribution in [0.5, 0.6) is 0 Å². The van der Waals surface area contributed by atoms with E-state index >= 15 is 0 Å². The maximum absolute atomic E-state index is 12.5. The molecule has 0 aliphatic carbocycles. The Balaban J connectivity index is 1.55. The highest BCUT2D eigenvalue weighted by atomic mass is 16.2. The SMILES string of the molecule is CN1CCC(C(=O)N2CCN(c3ccccc3)CC2)C1. The highest BCUT2D eigenvalue weighted by molar-refractivity contribution is 5.79. The normalized spacial score (nSPS) is 24.1. The van der Waals surface area contributed by atoms with Crippen LogP contribution in [-0.2, 0) is 4.79 Å². The number of carbonyl (C=O) groups is 1. The van der Waals surface area contributed by atoms with Gasteiger partial charge in [0.15, 0.2) is 0 Å². The van der Waals surface area contributed by atoms with Crippen LogP contribution in [0.4, 0.5) is 5.69 Å². The minimum atomic E-state index is 0.225. The number of hydrogen-bond donors (Lipinski definition) is 0. The molecule has 2 aliphatic heterocycles. The van der Waals surface area contributed by atoms with Crippen LogP contribution in [0.2, 0.25) is 0 Å². The van der Waals surface area contributed by atoms with Gasteiger partial charge in [-0.25, -0.2) is 0 Å². The molecule has 108 valence electrons. The molecule has 1 atom stereocenters. The molecule has 0 N–H and O–H groups in total. The molecule has 20 heavy (non-hydrogen) atoms. The maximum Gasteiger partial charge on any atom is 0.227 e. The number of carbonyl (C=O) groups excluding carboxylic acids is 1. The minimum absolute atomic E-state index is 0.225. The quantitative estimate of drug-likeness (QED) is 0.812. The van der Waals surface area contributed by atoms with E-state index in [1.165, 1.54) is 5.69 Å². The Hall–Kier alpha value is -1.55. The molecule has 0 saturated carbocycles. The molecular weight excluding hydrogens is 250 g/mol. The summed E-state index contributed by atoms with van der Waals surface area (Å²) in [5.41, 5.74) is 1.26. The predicted molar refractivity (Wildman–Crippen MR) is 80.8 cm³/mol. The molecule has 1 aromatic carbocycles. The highest BCUT2D eigenvalue weighted by Gasteiger charge is 2.31. The Morgan fingerprint density at radius 1 is 1.05 bits per heavy atom. The summed E-state index contributed by atoms with van der Waals surface area (Å²) in [6.45, 7) is 5.58. The summed E-state index contributed by atoms with van der Waals surface area (Å²) >= 11 is 0. The van der Waals surface area contributed by atoms with Gasteiger partial charge in [0, 0.05) is 38.4 Å². The number of hydrogen-bond acceptors (Lipinski definition) is 3. The Bertz CT molecular complexity index is 454. The second kappa shape index (κ2) is 5.83. The number of rotatable bonds is 2. The van der Waals surface area contributed by atoms with E-state index in [4.69, 9.17) is 0 Å². The molecule has 2 saturated heterocycles. The van der Waals surface area contributed by atoms with E-state index in [1.54, 1.807) is 0 Å². The molecule has 0 bridgehead atoms. The van der Waals surface area contributed by atoms with Crippen molar-refractivity contribution in [2.75, 3.05) is 51.2 Å². The van der Waals surface area contributed by atoms with Gasteiger partial charge in [0.25, 0.3) is 0 Å². The van der Waals surface area contributed by atoms with Crippen molar-refractivity contribution in [2.45, 2.75) is 6.42 Å². The maximum atomic E-state index is 12.5. The van der Waals surface area contributed by atoms with Crippen molar-refractivity contribution >= 4 is 11.6 Å². The summed E-state index contributed by atoms with van der Waals surface area (Å²) in [6.07, 6.45) is 1.02. The number of likely N-dealkylation sites (tertiary alicyclic amines) is 1. The van der Waals surface area contributed by atoms with Gasteiger partial charge in [-0.2, -0.15) is 0 Å². The van der Waals surface area contributed by atoms with Crippen LogP contribution in [0.1, 0.15) is 6.42 Å². The minimum Gasteiger partial charge on any atom is -0.368 e. The Labute approximate surface area is 121 Å². The lowest BCUT2D eigenvalue weighted by atomic mass is 10.1. The van der Waals surface area contributed by atoms with E-state index in [9.17, 15) is 4.79 Å². The van der Waals surface area contributed by atoms with E-state index in [1.807, 2.05) is 6.07 Å². The summed E-state index contributed by atoms with van der Waals surface area (Å²) in [7, 11) is 2.10. The lowest BCUT2D eigenvalue weighted by Gasteiger charge is -2.37. The molecule has 0 aromatic heterocycles. The number of anilines is 1. The van der Waals surface area contributed by atoms with Crippen LogP contribution in [0.3, 0.4) is 0 Å². The molecule has 1 aromatic rings. The largest absolute Gasteiger partial charge is 0.368 e. The Morgan fingerprint density at radius 2 is 1.75 bits per heavy atom. The van der Waals surface area contributed by atoms with Crippen LogP contribution in [0, 0.1) is 5.92 Å². The third kappa shape index (κ3) is 2.80. The van der Waals surface area contributed by atoms with Crippen LogP contribution >= 0.6 is 0 Å². The molecule has 1 amide bonds. The first-order valence-electron chi connectivity index (χ1n) is 7.51. The standard InChI is InChI=1S/C16H23N3O/c1-17-8-7-14(13-17)16(20)19-11-9-18(10-12-19)15-5-3-2-4-6-15/h2-6,14H,7-13H2,1H3. The van der Waals surface area contributed by atoms with Gasteiger partial charge < -0.3 is 14.7 Å². The monoisotopic (exact) mass is 273 g/mol. The predicted octanol–water partition coefficient (Wildman–Crippen LogP) is 1.29. The number of nitrogens with zero attached hydrogens (tertiary/aromatic N) is 3. The molecule has 3 rings (SSSR count). The zero-order valence-corrected chi connectivity index (χ0v) is 12.2. The first-order chi connectivity index (χ1) is 9.74. The van der Waals surface area contributed by atoms with Gasteiger partial charge in [0.05, 0.1) is 5.92 Å². The van der Waals surface area contributed by atoms with Crippen LogP contribution < -0.4 is 4.90 Å². The zero-order chi connectivity index (χ0) is 13.9. The Kier molecular flexibility index (Phi) is 3.92. The number of piperazine rings is 1. The fourth-order valence-electron chi connectivity index (χ4n) is 3.22. The van der Waals surface area contributed by atoms with Crippen molar-refractivity contribution < 1.29 is 4.79 Å². The van der Waals surface area contributed by atoms with Crippen molar-refractivity contribution in [1.29, 1.82) is 0 Å². The van der Waals surface area contributed by atoms with E-state index in [0.29, 0.717) is 5.91 Å². The summed E-state index contributed by atoms with van der Waals surface area (Å²) in [5.74, 6) is 0.588. The Morgan fingerprint density at radius 3 is 2.35 bits per heavy atom. The lowest BCUT2D eigenvalue weighted by molar-refractivity contribution is -0.135. The van der Waals surface area contributed by atoms with Gasteiger partial charge in [-0.3, -0.25) is 4.79 Å². The van der Waals surface area contributed by atoms with Gasteiger partial charge in [-0.15, -0.1) is 0 Å². The lowest BCUT2D eigenvalue weighted by Crippen LogP contribution is -2.50. The number of benzene rings is 1. The summed E-state index contributed by atoms with van der Waals surface area (Å²) in [5, 5.41) is 0. The van der Waals surface area contributed by atoms with Crippen LogP contribution in [0.15, 0.2) is 30.3 Å². The molecule has 2 aliphatic rings. The van der Waals surface area contributed by atoms with Crippen LogP contribution in [0.25, 0.3) is 0 Å². The van der Waals surface area contributed by atoms with Crippen LogP contribution in [-0.4, -0.2) is 62.0 Å². The fraction of sp³-hybridized carbons (Fsp3) is 0.562. The molecular formula is C16H23N3O. The molecule has 2 heterocycles. The summed E-state index contributed by atoms with van der Waals surface area (Å²) in [4.78, 5) is 19.1. The van der Waals surface area contributed by atoms with Gasteiger partial charge in [0.2, 0.25) is 5.91 Å². The molecule has 0 radical (unpaired) electrons. The summed E-state index contributed by atoms with van der Waals surface area (Å²) in [6, 6.07) is 10.5. The third-order valence-electron chi connectivity index (χ3n) is 4.45. The first-order valence-corrected chi connectivity index (χ1v) is 7.51. The average molecular weight is 273 g/mol. The molecule has 4 heteroatoms. The number of amides is 1.